The van der Waals surface area contributed by atoms with Gasteiger partial charge >= 0.3 is 0 Å². The quantitative estimate of drug-likeness (QED) is 0.481. The molecule has 0 aliphatic rings. The lowest BCUT2D eigenvalue weighted by Gasteiger charge is -2.12. The molecule has 0 aromatic heterocycles. The SMILES string of the molecule is CCCCC(/C=C/C(=O)N(C)OC)CC. The largest absolute Gasteiger partial charge is 0.274 e. The van der Waals surface area contributed by atoms with Gasteiger partial charge in [0, 0.05) is 13.1 Å². The molecule has 0 N–H and O–H groups in total. The van der Waals surface area contributed by atoms with Crippen LogP contribution in [0.1, 0.15) is 39.5 Å². The highest BCUT2D eigenvalue weighted by Gasteiger charge is 2.05. The van der Waals surface area contributed by atoms with Crippen LogP contribution in [-0.4, -0.2) is 25.1 Å². The van der Waals surface area contributed by atoms with Gasteiger partial charge in [-0.3, -0.25) is 9.63 Å². The van der Waals surface area contributed by atoms with E-state index < -0.39 is 0 Å². The first-order chi connectivity index (χ1) is 7.15. The van der Waals surface area contributed by atoms with Crippen LogP contribution < -0.4 is 0 Å². The molecule has 0 saturated heterocycles. The molecule has 0 fully saturated rings. The predicted octanol–water partition coefficient (Wildman–Crippen LogP) is 2.78. The summed E-state index contributed by atoms with van der Waals surface area (Å²) < 4.78 is 0. The van der Waals surface area contributed by atoms with Crippen LogP contribution in [0.25, 0.3) is 0 Å². The maximum absolute atomic E-state index is 11.4. The standard InChI is InChI=1S/C12H23NO2/c1-5-7-8-11(6-2)9-10-12(14)13(3)15-4/h9-11H,5-8H2,1-4H3/b10-9+. The lowest BCUT2D eigenvalue weighted by atomic mass is 9.99. The molecule has 1 atom stereocenters. The molecule has 1 unspecified atom stereocenters. The second-order valence-corrected chi connectivity index (χ2v) is 3.69. The van der Waals surface area contributed by atoms with E-state index in [1.165, 1.54) is 25.0 Å². The number of nitrogens with zero attached hydrogens (tertiary/aromatic N) is 1. The fourth-order valence-electron chi connectivity index (χ4n) is 1.32. The first-order valence-corrected chi connectivity index (χ1v) is 5.65. The normalized spacial score (nSPS) is 13.1. The van der Waals surface area contributed by atoms with Crippen molar-refractivity contribution >= 4 is 5.91 Å². The Kier molecular flexibility index (Phi) is 8.01. The molecule has 15 heavy (non-hydrogen) atoms. The van der Waals surface area contributed by atoms with Crippen LogP contribution in [0.2, 0.25) is 0 Å². The van der Waals surface area contributed by atoms with E-state index >= 15 is 0 Å². The highest BCUT2D eigenvalue weighted by atomic mass is 16.7. The Bertz CT molecular complexity index is 202. The minimum atomic E-state index is -0.104. The summed E-state index contributed by atoms with van der Waals surface area (Å²) in [7, 11) is 3.10. The molecule has 0 aliphatic carbocycles. The average Bonchev–Trinajstić information content (AvgIpc) is 2.27. The number of allylic oxidation sites excluding steroid dienone is 1. The third-order valence-corrected chi connectivity index (χ3v) is 2.55. The molecule has 88 valence electrons. The molecule has 0 spiro atoms. The minimum absolute atomic E-state index is 0.104. The van der Waals surface area contributed by atoms with Gasteiger partial charge in [-0.25, -0.2) is 5.06 Å². The lowest BCUT2D eigenvalue weighted by molar-refractivity contribution is -0.162. The van der Waals surface area contributed by atoms with Crippen LogP contribution in [0.15, 0.2) is 12.2 Å². The third kappa shape index (κ3) is 6.28. The number of hydroxylamine groups is 2. The van der Waals surface area contributed by atoms with Gasteiger partial charge < -0.3 is 0 Å². The van der Waals surface area contributed by atoms with E-state index in [0.29, 0.717) is 5.92 Å². The lowest BCUT2D eigenvalue weighted by Crippen LogP contribution is -2.23. The number of amides is 1. The number of hydrogen-bond acceptors (Lipinski definition) is 2. The summed E-state index contributed by atoms with van der Waals surface area (Å²) in [6, 6.07) is 0. The number of carbonyl (C=O) groups excluding carboxylic acids is 1. The van der Waals surface area contributed by atoms with E-state index in [4.69, 9.17) is 4.84 Å². The molecule has 0 aromatic rings. The van der Waals surface area contributed by atoms with Crippen molar-refractivity contribution in [3.05, 3.63) is 12.2 Å². The van der Waals surface area contributed by atoms with Gasteiger partial charge in [0.1, 0.15) is 0 Å². The van der Waals surface area contributed by atoms with Crippen molar-refractivity contribution < 1.29 is 9.63 Å². The number of likely N-dealkylation sites (N-methyl/N-ethyl adjacent to an activating group) is 1. The van der Waals surface area contributed by atoms with Crippen molar-refractivity contribution in [2.75, 3.05) is 14.2 Å². The van der Waals surface area contributed by atoms with Crippen LogP contribution in [0.5, 0.6) is 0 Å². The zero-order valence-electron chi connectivity index (χ0n) is 10.3. The molecule has 0 aliphatic heterocycles. The highest BCUT2D eigenvalue weighted by molar-refractivity contribution is 5.86. The van der Waals surface area contributed by atoms with Gasteiger partial charge in [0.15, 0.2) is 0 Å². The predicted molar refractivity (Wildman–Crippen MR) is 62.2 cm³/mol. The second-order valence-electron chi connectivity index (χ2n) is 3.69. The van der Waals surface area contributed by atoms with Crippen LogP contribution in [0, 0.1) is 5.92 Å². The van der Waals surface area contributed by atoms with E-state index in [9.17, 15) is 4.79 Å². The Labute approximate surface area is 93.1 Å². The number of carbonyl (C=O) groups is 1. The topological polar surface area (TPSA) is 29.5 Å². The molecule has 0 aromatic carbocycles. The van der Waals surface area contributed by atoms with Gasteiger partial charge in [-0.15, -0.1) is 0 Å². The highest BCUT2D eigenvalue weighted by Crippen LogP contribution is 2.13. The fourth-order valence-corrected chi connectivity index (χ4v) is 1.32. The van der Waals surface area contributed by atoms with Gasteiger partial charge in [-0.2, -0.15) is 0 Å². The molecule has 0 bridgehead atoms. The summed E-state index contributed by atoms with van der Waals surface area (Å²) in [5.74, 6) is 0.409. The molecular weight excluding hydrogens is 190 g/mol. The smallest absolute Gasteiger partial charge is 0.269 e. The Balaban J connectivity index is 4.04. The van der Waals surface area contributed by atoms with Gasteiger partial charge in [-0.05, 0) is 18.8 Å². The first-order valence-electron chi connectivity index (χ1n) is 5.65. The summed E-state index contributed by atoms with van der Waals surface area (Å²) >= 11 is 0. The van der Waals surface area contributed by atoms with Gasteiger partial charge in [0.25, 0.3) is 5.91 Å². The summed E-state index contributed by atoms with van der Waals surface area (Å²) in [5.41, 5.74) is 0. The number of rotatable bonds is 7. The van der Waals surface area contributed by atoms with E-state index in [0.717, 1.165) is 12.8 Å². The van der Waals surface area contributed by atoms with Gasteiger partial charge in [0.05, 0.1) is 7.11 Å². The zero-order chi connectivity index (χ0) is 11.7. The Morgan fingerprint density at radius 1 is 1.47 bits per heavy atom. The van der Waals surface area contributed by atoms with Crippen molar-refractivity contribution in [2.24, 2.45) is 5.92 Å². The van der Waals surface area contributed by atoms with Crippen LogP contribution >= 0.6 is 0 Å². The van der Waals surface area contributed by atoms with Crippen molar-refractivity contribution in [3.8, 4) is 0 Å². The average molecular weight is 213 g/mol. The molecule has 0 heterocycles. The fraction of sp³-hybridized carbons (Fsp3) is 0.750. The third-order valence-electron chi connectivity index (χ3n) is 2.55. The van der Waals surface area contributed by atoms with Crippen molar-refractivity contribution in [3.63, 3.8) is 0 Å². The summed E-state index contributed by atoms with van der Waals surface area (Å²) in [5, 5.41) is 1.23. The molecular formula is C12H23NO2. The summed E-state index contributed by atoms with van der Waals surface area (Å²) in [4.78, 5) is 16.2. The Hall–Kier alpha value is -0.830. The zero-order valence-corrected chi connectivity index (χ0v) is 10.3. The second kappa shape index (κ2) is 8.48. The molecule has 1 amide bonds. The van der Waals surface area contributed by atoms with E-state index in [1.54, 1.807) is 13.1 Å². The first kappa shape index (κ1) is 14.2. The molecule has 0 saturated carbocycles. The van der Waals surface area contributed by atoms with Crippen molar-refractivity contribution in [1.82, 2.24) is 5.06 Å². The van der Waals surface area contributed by atoms with Gasteiger partial charge in [-0.1, -0.05) is 32.8 Å². The minimum Gasteiger partial charge on any atom is -0.274 e. The molecule has 3 nitrogen and oxygen atoms in total. The summed E-state index contributed by atoms with van der Waals surface area (Å²) in [6.07, 6.45) is 8.27. The number of hydrogen-bond donors (Lipinski definition) is 0. The van der Waals surface area contributed by atoms with Crippen LogP contribution in [-0.2, 0) is 9.63 Å². The maximum Gasteiger partial charge on any atom is 0.269 e. The van der Waals surface area contributed by atoms with Gasteiger partial charge in [0.2, 0.25) is 0 Å². The maximum atomic E-state index is 11.4. The molecule has 0 rings (SSSR count). The van der Waals surface area contributed by atoms with E-state index in [1.807, 2.05) is 6.08 Å². The Morgan fingerprint density at radius 2 is 2.13 bits per heavy atom. The van der Waals surface area contributed by atoms with Crippen molar-refractivity contribution in [1.29, 1.82) is 0 Å². The van der Waals surface area contributed by atoms with E-state index in [2.05, 4.69) is 13.8 Å². The molecule has 0 radical (unpaired) electrons. The van der Waals surface area contributed by atoms with Crippen LogP contribution in [0.4, 0.5) is 0 Å². The number of unbranched alkanes of at least 4 members (excludes halogenated alkanes) is 1. The van der Waals surface area contributed by atoms with E-state index in [-0.39, 0.29) is 5.91 Å². The Morgan fingerprint density at radius 3 is 2.60 bits per heavy atom. The monoisotopic (exact) mass is 213 g/mol. The molecule has 3 heteroatoms. The van der Waals surface area contributed by atoms with Crippen molar-refractivity contribution in [2.45, 2.75) is 39.5 Å². The van der Waals surface area contributed by atoms with Crippen LogP contribution in [0.3, 0.4) is 0 Å². The summed E-state index contributed by atoms with van der Waals surface area (Å²) in [6.45, 7) is 4.33.